The van der Waals surface area contributed by atoms with Crippen LogP contribution in [0.2, 0.25) is 5.02 Å². The Morgan fingerprint density at radius 3 is 2.64 bits per heavy atom. The first-order valence-corrected chi connectivity index (χ1v) is 10.3. The van der Waals surface area contributed by atoms with Gasteiger partial charge < -0.3 is 9.26 Å². The van der Waals surface area contributed by atoms with Crippen molar-refractivity contribution < 1.29 is 9.26 Å². The van der Waals surface area contributed by atoms with E-state index in [1.165, 1.54) is 25.7 Å². The standard InChI is InChI=1S/C23H25ClN2O2/c1-15-7-9-17(10-8-15)14-27-21-12-11-18(13-20(21)24)22-25-23(28-26-22)19-6-4-3-5-16(19)2/h3-6,11-13,15,17H,7-10,14H2,1-2H3. The SMILES string of the molecule is Cc1ccccc1-c1nc(-c2ccc(OCC3CCC(C)CC3)c(Cl)c2)no1. The topological polar surface area (TPSA) is 48.2 Å². The third-order valence-electron chi connectivity index (χ3n) is 5.60. The highest BCUT2D eigenvalue weighted by Crippen LogP contribution is 2.33. The molecule has 1 heterocycles. The Bertz CT molecular complexity index is 945. The van der Waals surface area contributed by atoms with Gasteiger partial charge in [-0.05, 0) is 61.4 Å². The molecule has 4 nitrogen and oxygen atoms in total. The highest BCUT2D eigenvalue weighted by Gasteiger charge is 2.19. The van der Waals surface area contributed by atoms with Crippen LogP contribution in [0.3, 0.4) is 0 Å². The van der Waals surface area contributed by atoms with Gasteiger partial charge in [0.2, 0.25) is 5.82 Å². The van der Waals surface area contributed by atoms with Crippen molar-refractivity contribution >= 4 is 11.6 Å². The first-order valence-electron chi connectivity index (χ1n) is 9.92. The Morgan fingerprint density at radius 1 is 1.11 bits per heavy atom. The Balaban J connectivity index is 1.45. The summed E-state index contributed by atoms with van der Waals surface area (Å²) in [5.41, 5.74) is 2.85. The molecule has 0 spiro atoms. The maximum atomic E-state index is 6.46. The molecule has 1 aromatic heterocycles. The van der Waals surface area contributed by atoms with E-state index < -0.39 is 0 Å². The van der Waals surface area contributed by atoms with Crippen LogP contribution in [0.15, 0.2) is 47.0 Å². The van der Waals surface area contributed by atoms with E-state index in [4.69, 9.17) is 20.9 Å². The molecule has 146 valence electrons. The molecule has 5 heteroatoms. The fourth-order valence-electron chi connectivity index (χ4n) is 3.72. The van der Waals surface area contributed by atoms with E-state index in [2.05, 4.69) is 17.1 Å². The molecule has 1 saturated carbocycles. The van der Waals surface area contributed by atoms with Gasteiger partial charge in [0.1, 0.15) is 5.75 Å². The third-order valence-corrected chi connectivity index (χ3v) is 5.90. The molecule has 1 fully saturated rings. The quantitative estimate of drug-likeness (QED) is 0.489. The molecule has 0 aliphatic heterocycles. The van der Waals surface area contributed by atoms with E-state index in [-0.39, 0.29) is 0 Å². The fourth-order valence-corrected chi connectivity index (χ4v) is 3.96. The second-order valence-electron chi connectivity index (χ2n) is 7.82. The molecule has 0 atom stereocenters. The van der Waals surface area contributed by atoms with Crippen molar-refractivity contribution in [3.63, 3.8) is 0 Å². The van der Waals surface area contributed by atoms with E-state index in [0.717, 1.165) is 29.2 Å². The second kappa shape index (κ2) is 8.36. The smallest absolute Gasteiger partial charge is 0.258 e. The van der Waals surface area contributed by atoms with Gasteiger partial charge in [-0.1, -0.05) is 54.7 Å². The molecule has 0 N–H and O–H groups in total. The van der Waals surface area contributed by atoms with Crippen LogP contribution in [-0.4, -0.2) is 16.7 Å². The van der Waals surface area contributed by atoms with Gasteiger partial charge in [-0.3, -0.25) is 0 Å². The number of aromatic nitrogens is 2. The number of benzene rings is 2. The summed E-state index contributed by atoms with van der Waals surface area (Å²) in [6, 6.07) is 13.6. The fraction of sp³-hybridized carbons (Fsp3) is 0.391. The van der Waals surface area contributed by atoms with Gasteiger partial charge in [-0.25, -0.2) is 0 Å². The zero-order valence-electron chi connectivity index (χ0n) is 16.3. The van der Waals surface area contributed by atoms with E-state index in [9.17, 15) is 0 Å². The largest absolute Gasteiger partial charge is 0.492 e. The Morgan fingerprint density at radius 2 is 1.89 bits per heavy atom. The van der Waals surface area contributed by atoms with Crippen molar-refractivity contribution in [2.24, 2.45) is 11.8 Å². The summed E-state index contributed by atoms with van der Waals surface area (Å²) in [6.45, 7) is 5.08. The van der Waals surface area contributed by atoms with Crippen LogP contribution in [0.25, 0.3) is 22.8 Å². The van der Waals surface area contributed by atoms with Crippen LogP contribution in [-0.2, 0) is 0 Å². The number of halogens is 1. The second-order valence-corrected chi connectivity index (χ2v) is 8.23. The normalized spacial score (nSPS) is 19.5. The summed E-state index contributed by atoms with van der Waals surface area (Å²) in [6.07, 6.45) is 5.06. The van der Waals surface area contributed by atoms with E-state index in [1.54, 1.807) is 0 Å². The molecule has 2 aromatic carbocycles. The van der Waals surface area contributed by atoms with Gasteiger partial charge in [-0.15, -0.1) is 0 Å². The Hall–Kier alpha value is -2.33. The number of hydrogen-bond donors (Lipinski definition) is 0. The molecule has 0 unspecified atom stereocenters. The van der Waals surface area contributed by atoms with Crippen molar-refractivity contribution in [3.05, 3.63) is 53.1 Å². The summed E-state index contributed by atoms with van der Waals surface area (Å²) < 4.78 is 11.5. The minimum atomic E-state index is 0.510. The molecule has 0 saturated heterocycles. The van der Waals surface area contributed by atoms with E-state index in [1.807, 2.05) is 49.4 Å². The van der Waals surface area contributed by atoms with Crippen LogP contribution in [0.1, 0.15) is 38.2 Å². The number of hydrogen-bond acceptors (Lipinski definition) is 4. The molecular weight excluding hydrogens is 372 g/mol. The lowest BCUT2D eigenvalue weighted by atomic mass is 9.83. The molecule has 0 bridgehead atoms. The average molecular weight is 397 g/mol. The molecule has 0 amide bonds. The van der Waals surface area contributed by atoms with Gasteiger partial charge >= 0.3 is 0 Å². The van der Waals surface area contributed by atoms with Crippen molar-refractivity contribution in [2.75, 3.05) is 6.61 Å². The van der Waals surface area contributed by atoms with E-state index >= 15 is 0 Å². The number of ether oxygens (including phenoxy) is 1. The van der Waals surface area contributed by atoms with Gasteiger partial charge in [0.05, 0.1) is 11.6 Å². The van der Waals surface area contributed by atoms with Crippen molar-refractivity contribution in [1.29, 1.82) is 0 Å². The van der Waals surface area contributed by atoms with Crippen LogP contribution >= 0.6 is 11.6 Å². The molecular formula is C23H25ClN2O2. The summed E-state index contributed by atoms with van der Waals surface area (Å²) in [4.78, 5) is 4.53. The van der Waals surface area contributed by atoms with Crippen molar-refractivity contribution in [1.82, 2.24) is 10.1 Å². The highest BCUT2D eigenvalue weighted by atomic mass is 35.5. The third kappa shape index (κ3) is 4.22. The lowest BCUT2D eigenvalue weighted by molar-refractivity contribution is 0.188. The van der Waals surface area contributed by atoms with Gasteiger partial charge in [0.15, 0.2) is 0 Å². The molecule has 4 rings (SSSR count). The minimum Gasteiger partial charge on any atom is -0.492 e. The molecule has 3 aromatic rings. The zero-order valence-corrected chi connectivity index (χ0v) is 17.1. The number of rotatable bonds is 5. The number of aryl methyl sites for hydroxylation is 1. The minimum absolute atomic E-state index is 0.510. The zero-order chi connectivity index (χ0) is 19.5. The summed E-state index contributed by atoms with van der Waals surface area (Å²) in [5, 5.41) is 4.69. The van der Waals surface area contributed by atoms with Crippen LogP contribution in [0.4, 0.5) is 0 Å². The van der Waals surface area contributed by atoms with E-state index in [0.29, 0.717) is 28.4 Å². The Labute approximate surface area is 170 Å². The average Bonchev–Trinajstić information content (AvgIpc) is 3.18. The first-order chi connectivity index (χ1) is 13.6. The van der Waals surface area contributed by atoms with Gasteiger partial charge in [0, 0.05) is 11.1 Å². The monoisotopic (exact) mass is 396 g/mol. The summed E-state index contributed by atoms with van der Waals surface area (Å²) >= 11 is 6.46. The summed E-state index contributed by atoms with van der Waals surface area (Å²) in [7, 11) is 0. The van der Waals surface area contributed by atoms with Crippen molar-refractivity contribution in [3.8, 4) is 28.6 Å². The maximum absolute atomic E-state index is 6.46. The van der Waals surface area contributed by atoms with Crippen LogP contribution in [0.5, 0.6) is 5.75 Å². The van der Waals surface area contributed by atoms with Crippen molar-refractivity contribution in [2.45, 2.75) is 39.5 Å². The Kier molecular flexibility index (Phi) is 5.67. The van der Waals surface area contributed by atoms with Gasteiger partial charge in [0.25, 0.3) is 5.89 Å². The lowest BCUT2D eigenvalue weighted by Crippen LogP contribution is -2.18. The first kappa shape index (κ1) is 19.0. The molecule has 1 aliphatic rings. The maximum Gasteiger partial charge on any atom is 0.258 e. The lowest BCUT2D eigenvalue weighted by Gasteiger charge is -2.26. The summed E-state index contributed by atoms with van der Waals surface area (Å²) in [5.74, 6) is 3.22. The molecule has 0 radical (unpaired) electrons. The predicted octanol–water partition coefficient (Wildman–Crippen LogP) is 6.57. The number of nitrogens with zero attached hydrogens (tertiary/aromatic N) is 2. The van der Waals surface area contributed by atoms with Crippen LogP contribution < -0.4 is 4.74 Å². The van der Waals surface area contributed by atoms with Crippen LogP contribution in [0, 0.1) is 18.8 Å². The molecule has 28 heavy (non-hydrogen) atoms. The van der Waals surface area contributed by atoms with Gasteiger partial charge in [-0.2, -0.15) is 4.98 Å². The predicted molar refractivity (Wildman–Crippen MR) is 112 cm³/mol. The molecule has 1 aliphatic carbocycles. The highest BCUT2D eigenvalue weighted by molar-refractivity contribution is 6.32.